The number of primary amides is 1. The van der Waals surface area contributed by atoms with Gasteiger partial charge >= 0.3 is 0 Å². The Morgan fingerprint density at radius 3 is 2.72 bits per heavy atom. The van der Waals surface area contributed by atoms with Crippen molar-refractivity contribution in [2.75, 3.05) is 0 Å². The SMILES string of the molecule is Cc1cc(C)n2cc(CSc3nc4ccccc4c(=O)n3CCCCCC(N)=O)nc2n1. The number of aromatic nitrogens is 5. The topological polar surface area (TPSA) is 108 Å². The molecule has 1 amide bonds. The summed E-state index contributed by atoms with van der Waals surface area (Å²) in [5.74, 6) is 0.962. The van der Waals surface area contributed by atoms with Crippen LogP contribution in [0.1, 0.15) is 42.8 Å². The van der Waals surface area contributed by atoms with Gasteiger partial charge in [-0.1, -0.05) is 30.3 Å². The number of carbonyl (C=O) groups is 1. The summed E-state index contributed by atoms with van der Waals surface area (Å²) in [7, 11) is 0. The number of rotatable bonds is 9. The summed E-state index contributed by atoms with van der Waals surface area (Å²) in [5, 5.41) is 1.28. The number of nitrogens with zero attached hydrogens (tertiary/aromatic N) is 5. The third-order valence-electron chi connectivity index (χ3n) is 5.29. The Kier molecular flexibility index (Phi) is 6.55. The molecule has 4 rings (SSSR count). The Bertz CT molecular complexity index is 1340. The number of para-hydroxylation sites is 1. The minimum Gasteiger partial charge on any atom is -0.370 e. The smallest absolute Gasteiger partial charge is 0.262 e. The fraction of sp³-hybridized carbons (Fsp3) is 0.348. The van der Waals surface area contributed by atoms with Crippen LogP contribution in [0.5, 0.6) is 0 Å². The van der Waals surface area contributed by atoms with E-state index in [2.05, 4.69) is 9.97 Å². The van der Waals surface area contributed by atoms with Crippen molar-refractivity contribution in [3.63, 3.8) is 0 Å². The van der Waals surface area contributed by atoms with E-state index in [1.165, 1.54) is 11.8 Å². The van der Waals surface area contributed by atoms with Crippen LogP contribution in [0.3, 0.4) is 0 Å². The van der Waals surface area contributed by atoms with E-state index in [0.717, 1.165) is 36.3 Å². The highest BCUT2D eigenvalue weighted by Crippen LogP contribution is 2.23. The Hall–Kier alpha value is -3.20. The Morgan fingerprint density at radius 1 is 1.09 bits per heavy atom. The average Bonchev–Trinajstić information content (AvgIpc) is 3.16. The molecule has 0 fully saturated rings. The predicted octanol–water partition coefficient (Wildman–Crippen LogP) is 3.39. The molecule has 2 N–H and O–H groups in total. The number of imidazole rings is 1. The molecular weight excluding hydrogens is 424 g/mol. The minimum absolute atomic E-state index is 0.0452. The van der Waals surface area contributed by atoms with Crippen LogP contribution in [-0.2, 0) is 17.1 Å². The van der Waals surface area contributed by atoms with Crippen LogP contribution in [0.15, 0.2) is 46.5 Å². The van der Waals surface area contributed by atoms with Gasteiger partial charge in [0.15, 0.2) is 5.16 Å². The van der Waals surface area contributed by atoms with Crippen LogP contribution in [-0.4, -0.2) is 29.8 Å². The summed E-state index contributed by atoms with van der Waals surface area (Å²) in [4.78, 5) is 38.0. The quantitative estimate of drug-likeness (QED) is 0.238. The lowest BCUT2D eigenvalue weighted by molar-refractivity contribution is -0.118. The normalized spacial score (nSPS) is 11.4. The zero-order valence-corrected chi connectivity index (χ0v) is 19.1. The fourth-order valence-corrected chi connectivity index (χ4v) is 4.64. The first-order chi connectivity index (χ1) is 15.4. The highest BCUT2D eigenvalue weighted by Gasteiger charge is 2.13. The zero-order valence-electron chi connectivity index (χ0n) is 18.2. The molecule has 32 heavy (non-hydrogen) atoms. The lowest BCUT2D eigenvalue weighted by Gasteiger charge is -2.12. The number of aryl methyl sites for hydroxylation is 2. The molecule has 0 spiro atoms. The molecule has 0 atom stereocenters. The summed E-state index contributed by atoms with van der Waals surface area (Å²) in [6.45, 7) is 4.53. The summed E-state index contributed by atoms with van der Waals surface area (Å²) in [5.41, 5.74) is 8.75. The van der Waals surface area contributed by atoms with Gasteiger partial charge in [-0.2, -0.15) is 0 Å². The van der Waals surface area contributed by atoms with Gasteiger partial charge in [-0.3, -0.25) is 18.6 Å². The van der Waals surface area contributed by atoms with Crippen molar-refractivity contribution in [3.05, 3.63) is 64.0 Å². The van der Waals surface area contributed by atoms with E-state index in [9.17, 15) is 9.59 Å². The second-order valence-corrected chi connectivity index (χ2v) is 8.82. The Labute approximate surface area is 189 Å². The van der Waals surface area contributed by atoms with E-state index in [0.29, 0.717) is 40.6 Å². The second kappa shape index (κ2) is 9.52. The number of thioether (sulfide) groups is 1. The van der Waals surface area contributed by atoms with Gasteiger partial charge in [0.05, 0.1) is 16.6 Å². The van der Waals surface area contributed by atoms with E-state index < -0.39 is 0 Å². The largest absolute Gasteiger partial charge is 0.370 e. The molecule has 8 nitrogen and oxygen atoms in total. The molecule has 3 heterocycles. The first-order valence-corrected chi connectivity index (χ1v) is 11.6. The van der Waals surface area contributed by atoms with Crippen molar-refractivity contribution in [2.24, 2.45) is 5.73 Å². The number of amides is 1. The zero-order chi connectivity index (χ0) is 22.7. The molecule has 0 saturated heterocycles. The summed E-state index contributed by atoms with van der Waals surface area (Å²) >= 11 is 1.50. The van der Waals surface area contributed by atoms with Gasteiger partial charge < -0.3 is 5.73 Å². The molecule has 0 unspecified atom stereocenters. The van der Waals surface area contributed by atoms with Crippen molar-refractivity contribution in [2.45, 2.75) is 57.0 Å². The summed E-state index contributed by atoms with van der Waals surface area (Å²) in [6.07, 6.45) is 4.67. The second-order valence-electron chi connectivity index (χ2n) is 7.88. The minimum atomic E-state index is -0.293. The van der Waals surface area contributed by atoms with Crippen LogP contribution in [0.25, 0.3) is 16.7 Å². The van der Waals surface area contributed by atoms with Crippen molar-refractivity contribution < 1.29 is 4.79 Å². The number of hydrogen-bond acceptors (Lipinski definition) is 6. The Morgan fingerprint density at radius 2 is 1.91 bits per heavy atom. The number of nitrogens with two attached hydrogens (primary N) is 1. The van der Waals surface area contributed by atoms with Crippen LogP contribution >= 0.6 is 11.8 Å². The molecule has 0 radical (unpaired) electrons. The molecule has 0 bridgehead atoms. The van der Waals surface area contributed by atoms with Crippen molar-refractivity contribution in [1.29, 1.82) is 0 Å². The highest BCUT2D eigenvalue weighted by molar-refractivity contribution is 7.98. The van der Waals surface area contributed by atoms with Crippen molar-refractivity contribution >= 4 is 34.3 Å². The fourth-order valence-electron chi connectivity index (χ4n) is 3.73. The first kappa shape index (κ1) is 22.0. The highest BCUT2D eigenvalue weighted by atomic mass is 32.2. The van der Waals surface area contributed by atoms with Crippen LogP contribution in [0.2, 0.25) is 0 Å². The number of hydrogen-bond donors (Lipinski definition) is 1. The lowest BCUT2D eigenvalue weighted by atomic mass is 10.2. The van der Waals surface area contributed by atoms with Crippen LogP contribution in [0.4, 0.5) is 0 Å². The maximum absolute atomic E-state index is 13.2. The molecule has 0 aliphatic heterocycles. The van der Waals surface area contributed by atoms with Gasteiger partial charge in [0.1, 0.15) is 0 Å². The first-order valence-electron chi connectivity index (χ1n) is 10.7. The number of fused-ring (bicyclic) bond motifs is 2. The molecule has 4 aromatic rings. The number of carbonyl (C=O) groups excluding carboxylic acids is 1. The van der Waals surface area contributed by atoms with Gasteiger partial charge in [0, 0.05) is 36.3 Å². The van der Waals surface area contributed by atoms with E-state index in [1.807, 2.05) is 54.8 Å². The monoisotopic (exact) mass is 450 g/mol. The van der Waals surface area contributed by atoms with Gasteiger partial charge in [-0.25, -0.2) is 15.0 Å². The third-order valence-corrected chi connectivity index (χ3v) is 6.30. The molecule has 0 aliphatic rings. The average molecular weight is 451 g/mol. The van der Waals surface area contributed by atoms with Gasteiger partial charge in [0.25, 0.3) is 5.56 Å². The van der Waals surface area contributed by atoms with Crippen LogP contribution in [0, 0.1) is 13.8 Å². The van der Waals surface area contributed by atoms with Crippen LogP contribution < -0.4 is 11.3 Å². The standard InChI is InChI=1S/C23H26N6O2S/c1-15-12-16(2)29-13-17(26-22(29)25-15)14-32-23-27-19-9-6-5-8-18(19)21(31)28(23)11-7-3-4-10-20(24)30/h5-6,8-9,12-13H,3-4,7,10-11,14H2,1-2H3,(H2,24,30). The van der Waals surface area contributed by atoms with Crippen molar-refractivity contribution in [3.8, 4) is 0 Å². The molecule has 9 heteroatoms. The summed E-state index contributed by atoms with van der Waals surface area (Å²) in [6, 6.07) is 9.42. The molecule has 3 aromatic heterocycles. The van der Waals surface area contributed by atoms with E-state index in [-0.39, 0.29) is 11.5 Å². The maximum Gasteiger partial charge on any atom is 0.262 e. The van der Waals surface area contributed by atoms with E-state index in [1.54, 1.807) is 4.57 Å². The molecule has 0 saturated carbocycles. The van der Waals surface area contributed by atoms with E-state index >= 15 is 0 Å². The number of unbranched alkanes of at least 4 members (excludes halogenated alkanes) is 2. The lowest BCUT2D eigenvalue weighted by Crippen LogP contribution is -2.23. The Balaban J connectivity index is 1.58. The maximum atomic E-state index is 13.2. The van der Waals surface area contributed by atoms with Crippen molar-refractivity contribution in [1.82, 2.24) is 23.9 Å². The van der Waals surface area contributed by atoms with Gasteiger partial charge in [0.2, 0.25) is 11.7 Å². The molecular formula is C23H26N6O2S. The molecule has 166 valence electrons. The van der Waals surface area contributed by atoms with Gasteiger partial charge in [-0.15, -0.1) is 0 Å². The van der Waals surface area contributed by atoms with E-state index in [4.69, 9.17) is 10.7 Å². The molecule has 0 aliphatic carbocycles. The molecule has 1 aromatic carbocycles. The number of benzene rings is 1. The predicted molar refractivity (Wildman–Crippen MR) is 126 cm³/mol. The summed E-state index contributed by atoms with van der Waals surface area (Å²) < 4.78 is 3.71. The third kappa shape index (κ3) is 4.83. The van der Waals surface area contributed by atoms with Gasteiger partial charge in [-0.05, 0) is 44.9 Å².